The maximum absolute atomic E-state index is 11.9. The molecule has 3 rings (SSSR count). The van der Waals surface area contributed by atoms with Gasteiger partial charge < -0.3 is 11.1 Å². The highest BCUT2D eigenvalue weighted by Crippen LogP contribution is 2.30. The molecule has 4 nitrogen and oxygen atoms in total. The number of amides is 1. The Morgan fingerprint density at radius 1 is 1.40 bits per heavy atom. The highest BCUT2D eigenvalue weighted by atomic mass is 32.1. The van der Waals surface area contributed by atoms with Gasteiger partial charge in [0.1, 0.15) is 0 Å². The molecule has 0 atom stereocenters. The molecule has 0 saturated carbocycles. The van der Waals surface area contributed by atoms with Gasteiger partial charge in [-0.1, -0.05) is 12.1 Å². The quantitative estimate of drug-likeness (QED) is 0.850. The number of aryl methyl sites for hydroxylation is 3. The van der Waals surface area contributed by atoms with Gasteiger partial charge in [-0.05, 0) is 43.4 Å². The number of nitrogens with zero attached hydrogens (tertiary/aromatic N) is 1. The summed E-state index contributed by atoms with van der Waals surface area (Å²) in [6.07, 6.45) is 4.49. The molecule has 0 radical (unpaired) electrons. The van der Waals surface area contributed by atoms with E-state index in [0.29, 0.717) is 12.8 Å². The van der Waals surface area contributed by atoms with Gasteiger partial charge in [-0.25, -0.2) is 4.98 Å². The summed E-state index contributed by atoms with van der Waals surface area (Å²) in [5, 5.41) is 3.64. The van der Waals surface area contributed by atoms with Crippen LogP contribution in [-0.2, 0) is 24.1 Å². The van der Waals surface area contributed by atoms with Crippen LogP contribution in [0.5, 0.6) is 0 Å². The predicted octanol–water partition coefficient (Wildman–Crippen LogP) is 2.79. The van der Waals surface area contributed by atoms with Crippen molar-refractivity contribution in [2.24, 2.45) is 0 Å². The van der Waals surface area contributed by atoms with Crippen LogP contribution in [-0.4, -0.2) is 10.9 Å². The lowest BCUT2D eigenvalue weighted by atomic mass is 10.1. The van der Waals surface area contributed by atoms with E-state index in [2.05, 4.69) is 10.3 Å². The van der Waals surface area contributed by atoms with Crippen molar-refractivity contribution >= 4 is 28.1 Å². The van der Waals surface area contributed by atoms with Gasteiger partial charge in [0, 0.05) is 17.0 Å². The molecule has 20 heavy (non-hydrogen) atoms. The van der Waals surface area contributed by atoms with Crippen LogP contribution in [0.15, 0.2) is 24.3 Å². The number of thiazole rings is 1. The summed E-state index contributed by atoms with van der Waals surface area (Å²) in [4.78, 5) is 17.7. The smallest absolute Gasteiger partial charge is 0.226 e. The van der Waals surface area contributed by atoms with Crippen LogP contribution in [0, 0.1) is 0 Å². The van der Waals surface area contributed by atoms with E-state index in [9.17, 15) is 4.79 Å². The number of nitrogens with two attached hydrogens (primary N) is 1. The molecule has 0 bridgehead atoms. The zero-order chi connectivity index (χ0) is 13.9. The number of anilines is 2. The second kappa shape index (κ2) is 5.63. The number of hydrogen-bond donors (Lipinski definition) is 2. The fourth-order valence-electron chi connectivity index (χ4n) is 2.43. The minimum atomic E-state index is 0.0137. The average Bonchev–Trinajstić information content (AvgIpc) is 2.97. The van der Waals surface area contributed by atoms with Crippen molar-refractivity contribution in [2.45, 2.75) is 32.1 Å². The molecule has 1 aliphatic rings. The monoisotopic (exact) mass is 287 g/mol. The van der Waals surface area contributed by atoms with Gasteiger partial charge >= 0.3 is 0 Å². The standard InChI is InChI=1S/C15H17N3OS/c16-11-4-1-3-10(9-11)7-8-14(19)18-15-17-12-5-2-6-13(12)20-15/h1,3-4,9H,2,5-8,16H2,(H,17,18,19). The fourth-order valence-corrected chi connectivity index (χ4v) is 3.50. The third kappa shape index (κ3) is 2.99. The maximum atomic E-state index is 11.9. The van der Waals surface area contributed by atoms with Gasteiger partial charge in [0.05, 0.1) is 5.69 Å². The number of carbonyl (C=O) groups excluding carboxylic acids is 1. The zero-order valence-corrected chi connectivity index (χ0v) is 12.0. The third-order valence-electron chi connectivity index (χ3n) is 3.43. The predicted molar refractivity (Wildman–Crippen MR) is 81.9 cm³/mol. The van der Waals surface area contributed by atoms with E-state index in [0.717, 1.165) is 29.2 Å². The highest BCUT2D eigenvalue weighted by Gasteiger charge is 2.17. The Morgan fingerprint density at radius 3 is 3.10 bits per heavy atom. The number of aromatic nitrogens is 1. The molecule has 104 valence electrons. The van der Waals surface area contributed by atoms with Gasteiger partial charge in [0.15, 0.2) is 5.13 Å². The molecule has 1 heterocycles. The summed E-state index contributed by atoms with van der Waals surface area (Å²) < 4.78 is 0. The van der Waals surface area contributed by atoms with E-state index in [4.69, 9.17) is 5.73 Å². The number of hydrogen-bond acceptors (Lipinski definition) is 4. The van der Waals surface area contributed by atoms with Crippen molar-refractivity contribution in [3.8, 4) is 0 Å². The molecule has 3 N–H and O–H groups in total. The van der Waals surface area contributed by atoms with Crippen molar-refractivity contribution in [1.29, 1.82) is 0 Å². The molecule has 0 unspecified atom stereocenters. The van der Waals surface area contributed by atoms with Gasteiger partial charge in [-0.2, -0.15) is 0 Å². The molecule has 1 aliphatic carbocycles. The number of nitrogen functional groups attached to an aromatic ring is 1. The SMILES string of the molecule is Nc1cccc(CCC(=O)Nc2nc3c(s2)CCC3)c1. The van der Waals surface area contributed by atoms with Crippen molar-refractivity contribution in [3.05, 3.63) is 40.4 Å². The number of nitrogens with one attached hydrogen (secondary N) is 1. The summed E-state index contributed by atoms with van der Waals surface area (Å²) in [6.45, 7) is 0. The highest BCUT2D eigenvalue weighted by molar-refractivity contribution is 7.15. The van der Waals surface area contributed by atoms with Crippen LogP contribution in [0.2, 0.25) is 0 Å². The first-order chi connectivity index (χ1) is 9.70. The first-order valence-electron chi connectivity index (χ1n) is 6.83. The van der Waals surface area contributed by atoms with E-state index < -0.39 is 0 Å². The lowest BCUT2D eigenvalue weighted by Crippen LogP contribution is -2.12. The Labute approximate surface area is 122 Å². The molecular weight excluding hydrogens is 270 g/mol. The van der Waals surface area contributed by atoms with Gasteiger partial charge in [0.25, 0.3) is 0 Å². The Kier molecular flexibility index (Phi) is 3.69. The van der Waals surface area contributed by atoms with E-state index in [1.165, 1.54) is 17.0 Å². The summed E-state index contributed by atoms with van der Waals surface area (Å²) in [6, 6.07) is 7.65. The van der Waals surface area contributed by atoms with Crippen molar-refractivity contribution in [3.63, 3.8) is 0 Å². The van der Waals surface area contributed by atoms with Crippen LogP contribution in [0.4, 0.5) is 10.8 Å². The molecule has 0 spiro atoms. The van der Waals surface area contributed by atoms with Crippen molar-refractivity contribution in [2.75, 3.05) is 11.1 Å². The van der Waals surface area contributed by atoms with Crippen molar-refractivity contribution in [1.82, 2.24) is 4.98 Å². The lowest BCUT2D eigenvalue weighted by Gasteiger charge is -2.03. The first-order valence-corrected chi connectivity index (χ1v) is 7.65. The molecule has 0 saturated heterocycles. The first kappa shape index (κ1) is 13.1. The lowest BCUT2D eigenvalue weighted by molar-refractivity contribution is -0.116. The largest absolute Gasteiger partial charge is 0.399 e. The Balaban J connectivity index is 1.54. The molecule has 1 aromatic heterocycles. The van der Waals surface area contributed by atoms with Crippen LogP contribution in [0.3, 0.4) is 0 Å². The van der Waals surface area contributed by atoms with Crippen molar-refractivity contribution < 1.29 is 4.79 Å². The molecule has 2 aromatic rings. The van der Waals surface area contributed by atoms with Crippen LogP contribution >= 0.6 is 11.3 Å². The Bertz CT molecular complexity index is 614. The van der Waals surface area contributed by atoms with Crippen LogP contribution in [0.1, 0.15) is 29.0 Å². The summed E-state index contributed by atoms with van der Waals surface area (Å²) in [7, 11) is 0. The molecule has 1 aromatic carbocycles. The number of carbonyl (C=O) groups is 1. The van der Waals surface area contributed by atoms with Crippen LogP contribution in [0.25, 0.3) is 0 Å². The summed E-state index contributed by atoms with van der Waals surface area (Å²) in [5.74, 6) is 0.0137. The normalized spacial score (nSPS) is 13.2. The summed E-state index contributed by atoms with van der Waals surface area (Å²) >= 11 is 1.61. The Morgan fingerprint density at radius 2 is 2.30 bits per heavy atom. The minimum absolute atomic E-state index is 0.0137. The van der Waals surface area contributed by atoms with Crippen LogP contribution < -0.4 is 11.1 Å². The zero-order valence-electron chi connectivity index (χ0n) is 11.2. The average molecular weight is 287 g/mol. The molecular formula is C15H17N3OS. The summed E-state index contributed by atoms with van der Waals surface area (Å²) in [5.41, 5.74) is 8.71. The fraction of sp³-hybridized carbons (Fsp3) is 0.333. The third-order valence-corrected chi connectivity index (χ3v) is 4.51. The maximum Gasteiger partial charge on any atom is 0.226 e. The second-order valence-electron chi connectivity index (χ2n) is 5.04. The number of rotatable bonds is 4. The second-order valence-corrected chi connectivity index (χ2v) is 6.12. The Hall–Kier alpha value is -1.88. The van der Waals surface area contributed by atoms with E-state index in [-0.39, 0.29) is 5.91 Å². The molecule has 0 fully saturated rings. The van der Waals surface area contributed by atoms with E-state index in [1.54, 1.807) is 11.3 Å². The van der Waals surface area contributed by atoms with Gasteiger partial charge in [-0.3, -0.25) is 4.79 Å². The van der Waals surface area contributed by atoms with Gasteiger partial charge in [-0.15, -0.1) is 11.3 Å². The van der Waals surface area contributed by atoms with E-state index >= 15 is 0 Å². The molecule has 1 amide bonds. The molecule has 0 aliphatic heterocycles. The number of fused-ring (bicyclic) bond motifs is 1. The van der Waals surface area contributed by atoms with E-state index in [1.807, 2.05) is 24.3 Å². The number of benzene rings is 1. The van der Waals surface area contributed by atoms with Gasteiger partial charge in [0.2, 0.25) is 5.91 Å². The topological polar surface area (TPSA) is 68.0 Å². The molecule has 5 heteroatoms. The minimum Gasteiger partial charge on any atom is -0.399 e.